The molecular weight excluding hydrogens is 308 g/mol. The summed E-state index contributed by atoms with van der Waals surface area (Å²) in [6.45, 7) is 2.45. The molecule has 1 aromatic rings. The second-order valence-corrected chi connectivity index (χ2v) is 6.36. The monoisotopic (exact) mass is 330 g/mol. The van der Waals surface area contributed by atoms with Crippen LogP contribution in [0.4, 0.5) is 11.4 Å². The van der Waals surface area contributed by atoms with Crippen molar-refractivity contribution in [3.05, 3.63) is 35.9 Å². The van der Waals surface area contributed by atoms with Crippen LogP contribution in [0.25, 0.3) is 0 Å². The molecule has 0 aromatic heterocycles. The maximum atomic E-state index is 12.7. The van der Waals surface area contributed by atoms with E-state index < -0.39 is 11.5 Å². The molecule has 0 saturated carbocycles. The number of fused-ring (bicyclic) bond motifs is 1. The van der Waals surface area contributed by atoms with Crippen LogP contribution >= 0.6 is 0 Å². The van der Waals surface area contributed by atoms with Crippen LogP contribution in [0.2, 0.25) is 0 Å². The van der Waals surface area contributed by atoms with Gasteiger partial charge in [0.2, 0.25) is 5.91 Å². The van der Waals surface area contributed by atoms with E-state index in [0.29, 0.717) is 36.3 Å². The first-order valence-corrected chi connectivity index (χ1v) is 8.14. The van der Waals surface area contributed by atoms with Crippen molar-refractivity contribution in [2.75, 3.05) is 30.0 Å². The van der Waals surface area contributed by atoms with Crippen LogP contribution in [0, 0.1) is 5.92 Å². The molecule has 2 aliphatic heterocycles. The summed E-state index contributed by atoms with van der Waals surface area (Å²) in [6, 6.07) is 5.32. The third-order valence-electron chi connectivity index (χ3n) is 4.92. The van der Waals surface area contributed by atoms with Crippen molar-refractivity contribution in [3.63, 3.8) is 0 Å². The van der Waals surface area contributed by atoms with Crippen molar-refractivity contribution in [1.29, 1.82) is 0 Å². The molecule has 0 radical (unpaired) electrons. The summed E-state index contributed by atoms with van der Waals surface area (Å²) in [5, 5.41) is 20.1. The number of rotatable bonds is 5. The van der Waals surface area contributed by atoms with Crippen LogP contribution < -0.4 is 9.80 Å². The van der Waals surface area contributed by atoms with Gasteiger partial charge in [-0.25, -0.2) is 0 Å². The molecule has 0 spiro atoms. The molecule has 2 amide bonds. The Kier molecular flexibility index (Phi) is 4.19. The van der Waals surface area contributed by atoms with E-state index in [4.69, 9.17) is 5.11 Å². The number of aliphatic hydroxyl groups excluding tert-OH is 1. The molecule has 2 atom stereocenters. The standard InChI is InChI=1S/C18H22N2O4/c1-12(5-3-4-10-21)18(24)14-11-13(20-9-8-16(20)22)6-7-15(14)19(2)17(18)23/h3,5-7,11-12,21,24H,4,8-10H2,1-2H3/b5-3+/t12-,18+/m1/s1. The molecule has 1 aromatic carbocycles. The molecular formula is C18H22N2O4. The first-order chi connectivity index (χ1) is 11.4. The normalized spacial score (nSPS) is 24.5. The molecule has 6 heteroatoms. The van der Waals surface area contributed by atoms with Gasteiger partial charge in [0.25, 0.3) is 5.91 Å². The Hall–Kier alpha value is -2.18. The zero-order chi connectivity index (χ0) is 17.5. The molecule has 3 rings (SSSR count). The molecule has 0 unspecified atom stereocenters. The lowest BCUT2D eigenvalue weighted by atomic mass is 9.82. The van der Waals surface area contributed by atoms with E-state index in [9.17, 15) is 14.7 Å². The van der Waals surface area contributed by atoms with Gasteiger partial charge in [-0.2, -0.15) is 0 Å². The number of benzene rings is 1. The Labute approximate surface area is 141 Å². The average molecular weight is 330 g/mol. The number of β-lactam (4-membered cyclic amide) rings is 1. The summed E-state index contributed by atoms with van der Waals surface area (Å²) in [6.07, 6.45) is 4.51. The molecule has 128 valence electrons. The van der Waals surface area contributed by atoms with Gasteiger partial charge in [-0.3, -0.25) is 9.59 Å². The molecule has 6 nitrogen and oxygen atoms in total. The fourth-order valence-corrected chi connectivity index (χ4v) is 3.31. The van der Waals surface area contributed by atoms with Crippen molar-refractivity contribution in [1.82, 2.24) is 0 Å². The number of hydrogen-bond donors (Lipinski definition) is 2. The zero-order valence-electron chi connectivity index (χ0n) is 13.9. The lowest BCUT2D eigenvalue weighted by molar-refractivity contribution is -0.139. The van der Waals surface area contributed by atoms with Gasteiger partial charge in [-0.1, -0.05) is 19.1 Å². The SMILES string of the molecule is C[C@H](/C=C/CCO)[C@@]1(O)C(=O)N(C)c2ccc(N3CCC3=O)cc21. The number of amides is 2. The highest BCUT2D eigenvalue weighted by molar-refractivity contribution is 6.08. The highest BCUT2D eigenvalue weighted by atomic mass is 16.3. The van der Waals surface area contributed by atoms with E-state index in [-0.39, 0.29) is 18.4 Å². The third kappa shape index (κ3) is 2.34. The molecule has 2 heterocycles. The smallest absolute Gasteiger partial charge is 0.264 e. The fraction of sp³-hybridized carbons (Fsp3) is 0.444. The summed E-state index contributed by atoms with van der Waals surface area (Å²) in [5.41, 5.74) is 0.216. The second-order valence-electron chi connectivity index (χ2n) is 6.36. The van der Waals surface area contributed by atoms with Gasteiger partial charge < -0.3 is 20.0 Å². The van der Waals surface area contributed by atoms with Crippen LogP contribution in [0.1, 0.15) is 25.3 Å². The summed E-state index contributed by atoms with van der Waals surface area (Å²) >= 11 is 0. The zero-order valence-corrected chi connectivity index (χ0v) is 13.9. The molecule has 2 N–H and O–H groups in total. The van der Waals surface area contributed by atoms with Crippen LogP contribution in [-0.2, 0) is 15.2 Å². The topological polar surface area (TPSA) is 81.1 Å². The van der Waals surface area contributed by atoms with E-state index in [1.165, 1.54) is 4.90 Å². The van der Waals surface area contributed by atoms with Gasteiger partial charge in [-0.15, -0.1) is 0 Å². The van der Waals surface area contributed by atoms with Gasteiger partial charge in [0.15, 0.2) is 5.60 Å². The van der Waals surface area contributed by atoms with Gasteiger partial charge in [0.05, 0.1) is 5.69 Å². The minimum Gasteiger partial charge on any atom is -0.396 e. The highest BCUT2D eigenvalue weighted by Gasteiger charge is 2.51. The maximum Gasteiger partial charge on any atom is 0.264 e. The number of carbonyl (C=O) groups excluding carboxylic acids is 2. The molecule has 0 aliphatic carbocycles. The number of hydrogen-bond acceptors (Lipinski definition) is 4. The molecule has 24 heavy (non-hydrogen) atoms. The summed E-state index contributed by atoms with van der Waals surface area (Å²) < 4.78 is 0. The van der Waals surface area contributed by atoms with E-state index in [1.54, 1.807) is 49.2 Å². The summed E-state index contributed by atoms with van der Waals surface area (Å²) in [7, 11) is 1.64. The Morgan fingerprint density at radius 3 is 2.71 bits per heavy atom. The van der Waals surface area contributed by atoms with Crippen molar-refractivity contribution in [2.45, 2.75) is 25.4 Å². The first kappa shape index (κ1) is 16.7. The van der Waals surface area contributed by atoms with E-state index in [2.05, 4.69) is 0 Å². The minimum atomic E-state index is -1.67. The van der Waals surface area contributed by atoms with Gasteiger partial charge in [0, 0.05) is 43.8 Å². The Bertz CT molecular complexity index is 715. The number of likely N-dealkylation sites (N-methyl/N-ethyl adjacent to an activating group) is 1. The van der Waals surface area contributed by atoms with E-state index in [0.717, 1.165) is 0 Å². The molecule has 1 fully saturated rings. The predicted octanol–water partition coefficient (Wildman–Crippen LogP) is 1.16. The van der Waals surface area contributed by atoms with Crippen molar-refractivity contribution in [2.24, 2.45) is 5.92 Å². The van der Waals surface area contributed by atoms with Gasteiger partial charge in [0.1, 0.15) is 0 Å². The van der Waals surface area contributed by atoms with E-state index >= 15 is 0 Å². The number of anilines is 2. The average Bonchev–Trinajstić information content (AvgIpc) is 2.76. The Balaban J connectivity index is 2.01. The van der Waals surface area contributed by atoms with E-state index in [1.807, 2.05) is 0 Å². The molecule has 2 aliphatic rings. The number of nitrogens with zero attached hydrogens (tertiary/aromatic N) is 2. The van der Waals surface area contributed by atoms with Crippen molar-refractivity contribution in [3.8, 4) is 0 Å². The summed E-state index contributed by atoms with van der Waals surface area (Å²) in [4.78, 5) is 27.5. The minimum absolute atomic E-state index is 0.0211. The van der Waals surface area contributed by atoms with Crippen LogP contribution in [0.3, 0.4) is 0 Å². The lowest BCUT2D eigenvalue weighted by Crippen LogP contribution is -2.44. The van der Waals surface area contributed by atoms with Crippen molar-refractivity contribution >= 4 is 23.2 Å². The lowest BCUT2D eigenvalue weighted by Gasteiger charge is -2.32. The van der Waals surface area contributed by atoms with Gasteiger partial charge in [-0.05, 0) is 24.6 Å². The largest absolute Gasteiger partial charge is 0.396 e. The maximum absolute atomic E-state index is 12.7. The molecule has 0 bridgehead atoms. The van der Waals surface area contributed by atoms with Gasteiger partial charge >= 0.3 is 0 Å². The number of carbonyl (C=O) groups is 2. The summed E-state index contributed by atoms with van der Waals surface area (Å²) in [5.74, 6) is -0.791. The Morgan fingerprint density at radius 2 is 2.12 bits per heavy atom. The third-order valence-corrected chi connectivity index (χ3v) is 4.92. The second kappa shape index (κ2) is 6.03. The van der Waals surface area contributed by atoms with Crippen molar-refractivity contribution < 1.29 is 19.8 Å². The van der Waals surface area contributed by atoms with Crippen LogP contribution in [0.5, 0.6) is 0 Å². The first-order valence-electron chi connectivity index (χ1n) is 8.14. The number of aliphatic hydroxyl groups is 2. The highest BCUT2D eigenvalue weighted by Crippen LogP contribution is 2.46. The Morgan fingerprint density at radius 1 is 1.38 bits per heavy atom. The van der Waals surface area contributed by atoms with Crippen LogP contribution in [0.15, 0.2) is 30.4 Å². The van der Waals surface area contributed by atoms with Crippen LogP contribution in [-0.4, -0.2) is 42.2 Å². The quantitative estimate of drug-likeness (QED) is 0.627. The predicted molar refractivity (Wildman–Crippen MR) is 90.7 cm³/mol. The molecule has 1 saturated heterocycles. The fourth-order valence-electron chi connectivity index (χ4n) is 3.31.